The van der Waals surface area contributed by atoms with E-state index in [0.29, 0.717) is 33.9 Å². The van der Waals surface area contributed by atoms with Crippen LogP contribution in [0.15, 0.2) is 36.5 Å². The van der Waals surface area contributed by atoms with Crippen LogP contribution in [0.25, 0.3) is 10.9 Å². The first-order chi connectivity index (χ1) is 8.58. The van der Waals surface area contributed by atoms with Crippen LogP contribution in [0.5, 0.6) is 0 Å². The molecule has 3 heteroatoms. The van der Waals surface area contributed by atoms with Gasteiger partial charge in [-0.15, -0.1) is 6.42 Å². The van der Waals surface area contributed by atoms with Crippen LogP contribution in [-0.2, 0) is 0 Å². The van der Waals surface area contributed by atoms with Crippen LogP contribution in [0.4, 0.5) is 0 Å². The van der Waals surface area contributed by atoms with Crippen LogP contribution >= 0.6 is 0 Å². The lowest BCUT2D eigenvalue weighted by Crippen LogP contribution is -2.09. The lowest BCUT2D eigenvalue weighted by molar-refractivity contribution is 0.0960. The van der Waals surface area contributed by atoms with Crippen molar-refractivity contribution in [3.8, 4) is 12.3 Å². The molecule has 0 aliphatic rings. The van der Waals surface area contributed by atoms with Crippen molar-refractivity contribution >= 4 is 23.1 Å². The van der Waals surface area contributed by atoms with Crippen molar-refractivity contribution in [3.63, 3.8) is 0 Å². The van der Waals surface area contributed by atoms with Gasteiger partial charge in [0.15, 0.2) is 6.29 Å². The third-order valence-electron chi connectivity index (χ3n) is 2.71. The van der Waals surface area contributed by atoms with Gasteiger partial charge < -0.3 is 0 Å². The minimum Gasteiger partial charge on any atom is -0.298 e. The number of carbonyl (C=O) groups is 2. The zero-order valence-corrected chi connectivity index (χ0v) is 9.93. The smallest absolute Gasteiger partial charge is 0.257 e. The quantitative estimate of drug-likeness (QED) is 0.457. The first kappa shape index (κ1) is 11.9. The molecule has 1 aromatic carbocycles. The summed E-state index contributed by atoms with van der Waals surface area (Å²) in [4.78, 5) is 23.0. The topological polar surface area (TPSA) is 39.1 Å². The Morgan fingerprint density at radius 3 is 2.78 bits per heavy atom. The molecule has 0 radical (unpaired) electrons. The van der Waals surface area contributed by atoms with E-state index in [0.717, 1.165) is 0 Å². The Kier molecular flexibility index (Phi) is 2.86. The molecule has 0 aliphatic heterocycles. The molecular weight excluding hydrogens is 226 g/mol. The standard InChI is InChI=1S/C15H11NO2/c1-4-11-5-6-14-13(7-11)12(9-17)8-16(14)15(18)10(2)3/h1,5-9H,2H2,3H3. The van der Waals surface area contributed by atoms with E-state index in [1.807, 2.05) is 0 Å². The number of carbonyl (C=O) groups excluding carboxylic acids is 2. The molecule has 1 heterocycles. The van der Waals surface area contributed by atoms with E-state index in [1.54, 1.807) is 25.1 Å². The van der Waals surface area contributed by atoms with Crippen LogP contribution in [0.2, 0.25) is 0 Å². The molecule has 0 saturated carbocycles. The van der Waals surface area contributed by atoms with Crippen molar-refractivity contribution < 1.29 is 9.59 Å². The zero-order chi connectivity index (χ0) is 13.3. The molecule has 2 aromatic rings. The molecule has 0 fully saturated rings. The molecule has 88 valence electrons. The van der Waals surface area contributed by atoms with Gasteiger partial charge in [-0.3, -0.25) is 14.2 Å². The summed E-state index contributed by atoms with van der Waals surface area (Å²) in [6.07, 6.45) is 7.54. The highest BCUT2D eigenvalue weighted by atomic mass is 16.2. The molecule has 0 N–H and O–H groups in total. The predicted octanol–water partition coefficient (Wildman–Crippen LogP) is 2.65. The number of nitrogens with zero attached hydrogens (tertiary/aromatic N) is 1. The summed E-state index contributed by atoms with van der Waals surface area (Å²) in [5, 5.41) is 0.676. The van der Waals surface area contributed by atoms with E-state index in [9.17, 15) is 9.59 Å². The number of terminal acetylenes is 1. The van der Waals surface area contributed by atoms with E-state index in [1.165, 1.54) is 10.8 Å². The average molecular weight is 237 g/mol. The second kappa shape index (κ2) is 4.34. The third-order valence-corrected chi connectivity index (χ3v) is 2.71. The molecule has 18 heavy (non-hydrogen) atoms. The number of hydrogen-bond donors (Lipinski definition) is 0. The molecule has 3 nitrogen and oxygen atoms in total. The number of allylic oxidation sites excluding steroid dienone is 1. The first-order valence-corrected chi connectivity index (χ1v) is 5.35. The van der Waals surface area contributed by atoms with Crippen LogP contribution < -0.4 is 0 Å². The van der Waals surface area contributed by atoms with E-state index < -0.39 is 0 Å². The number of aldehydes is 1. The summed E-state index contributed by atoms with van der Waals surface area (Å²) in [5.74, 6) is 2.27. The molecule has 1 aromatic heterocycles. The lowest BCUT2D eigenvalue weighted by atomic mass is 10.1. The van der Waals surface area contributed by atoms with Crippen LogP contribution in [0, 0.1) is 12.3 Å². The zero-order valence-electron chi connectivity index (χ0n) is 9.93. The van der Waals surface area contributed by atoms with Gasteiger partial charge in [0.05, 0.1) is 5.52 Å². The highest BCUT2D eigenvalue weighted by Gasteiger charge is 2.13. The third kappa shape index (κ3) is 1.74. The Labute approximate surface area is 105 Å². The summed E-state index contributed by atoms with van der Waals surface area (Å²) in [6.45, 7) is 5.25. The highest BCUT2D eigenvalue weighted by Crippen LogP contribution is 2.22. The van der Waals surface area contributed by atoms with Crippen molar-refractivity contribution in [2.24, 2.45) is 0 Å². The molecule has 0 bridgehead atoms. The van der Waals surface area contributed by atoms with Gasteiger partial charge in [0, 0.05) is 28.3 Å². The van der Waals surface area contributed by atoms with E-state index in [-0.39, 0.29) is 5.91 Å². The molecule has 0 amide bonds. The number of benzene rings is 1. The maximum absolute atomic E-state index is 11.9. The lowest BCUT2D eigenvalue weighted by Gasteiger charge is -2.02. The van der Waals surface area contributed by atoms with Crippen LogP contribution in [-0.4, -0.2) is 16.8 Å². The van der Waals surface area contributed by atoms with Crippen molar-refractivity contribution in [2.75, 3.05) is 0 Å². The predicted molar refractivity (Wildman–Crippen MR) is 70.7 cm³/mol. The van der Waals surface area contributed by atoms with Gasteiger partial charge in [0.1, 0.15) is 0 Å². The Bertz CT molecular complexity index is 714. The summed E-state index contributed by atoms with van der Waals surface area (Å²) in [7, 11) is 0. The van der Waals surface area contributed by atoms with E-state index in [4.69, 9.17) is 6.42 Å². The molecule has 0 aliphatic carbocycles. The van der Waals surface area contributed by atoms with Crippen molar-refractivity contribution in [2.45, 2.75) is 6.92 Å². The normalized spacial score (nSPS) is 10.0. The van der Waals surface area contributed by atoms with Gasteiger partial charge in [0.25, 0.3) is 5.91 Å². The SMILES string of the molecule is C#Cc1ccc2c(c1)c(C=O)cn2C(=O)C(=C)C. The number of aromatic nitrogens is 1. The van der Waals surface area contributed by atoms with Gasteiger partial charge in [-0.05, 0) is 25.1 Å². The largest absolute Gasteiger partial charge is 0.298 e. The Balaban J connectivity index is 2.79. The molecule has 2 rings (SSSR count). The number of hydrogen-bond acceptors (Lipinski definition) is 2. The molecule has 0 unspecified atom stereocenters. The summed E-state index contributed by atoms with van der Waals surface area (Å²) in [6, 6.07) is 5.19. The molecule has 0 atom stereocenters. The fourth-order valence-electron chi connectivity index (χ4n) is 1.81. The maximum atomic E-state index is 11.9. The maximum Gasteiger partial charge on any atom is 0.257 e. The summed E-state index contributed by atoms with van der Waals surface area (Å²) in [5.41, 5.74) is 2.18. The fraction of sp³-hybridized carbons (Fsp3) is 0.0667. The molecular formula is C15H11NO2. The Morgan fingerprint density at radius 1 is 1.50 bits per heavy atom. The van der Waals surface area contributed by atoms with Gasteiger partial charge in [-0.1, -0.05) is 12.5 Å². The highest BCUT2D eigenvalue weighted by molar-refractivity contribution is 6.06. The monoisotopic (exact) mass is 237 g/mol. The van der Waals surface area contributed by atoms with Crippen LogP contribution in [0.1, 0.15) is 27.6 Å². The average Bonchev–Trinajstić information content (AvgIpc) is 2.75. The second-order valence-electron chi connectivity index (χ2n) is 4.03. The van der Waals surface area contributed by atoms with Gasteiger partial charge in [0.2, 0.25) is 0 Å². The Morgan fingerprint density at radius 2 is 2.22 bits per heavy atom. The summed E-state index contributed by atoms with van der Waals surface area (Å²) < 4.78 is 1.42. The van der Waals surface area contributed by atoms with Crippen molar-refractivity contribution in [1.82, 2.24) is 4.57 Å². The minimum atomic E-state index is -0.235. The Hall–Kier alpha value is -2.60. The summed E-state index contributed by atoms with van der Waals surface area (Å²) >= 11 is 0. The first-order valence-electron chi connectivity index (χ1n) is 5.35. The molecule has 0 spiro atoms. The minimum absolute atomic E-state index is 0.235. The fourth-order valence-corrected chi connectivity index (χ4v) is 1.81. The van der Waals surface area contributed by atoms with Crippen LogP contribution in [0.3, 0.4) is 0 Å². The van der Waals surface area contributed by atoms with Crippen molar-refractivity contribution in [3.05, 3.63) is 47.7 Å². The van der Waals surface area contributed by atoms with E-state index in [2.05, 4.69) is 12.5 Å². The van der Waals surface area contributed by atoms with Gasteiger partial charge in [-0.25, -0.2) is 0 Å². The number of rotatable bonds is 2. The second-order valence-corrected chi connectivity index (χ2v) is 4.03. The molecule has 0 saturated heterocycles. The number of fused-ring (bicyclic) bond motifs is 1. The van der Waals surface area contributed by atoms with Gasteiger partial charge >= 0.3 is 0 Å². The van der Waals surface area contributed by atoms with Gasteiger partial charge in [-0.2, -0.15) is 0 Å². The van der Waals surface area contributed by atoms with E-state index >= 15 is 0 Å². The van der Waals surface area contributed by atoms with Crippen molar-refractivity contribution in [1.29, 1.82) is 0 Å².